The highest BCUT2D eigenvalue weighted by Gasteiger charge is 2.21. The summed E-state index contributed by atoms with van der Waals surface area (Å²) in [5.41, 5.74) is 0.697. The van der Waals surface area contributed by atoms with E-state index in [1.807, 2.05) is 0 Å². The van der Waals surface area contributed by atoms with E-state index in [1.54, 1.807) is 24.3 Å². The zero-order valence-corrected chi connectivity index (χ0v) is 11.9. The van der Waals surface area contributed by atoms with Gasteiger partial charge in [-0.05, 0) is 25.0 Å². The highest BCUT2D eigenvalue weighted by Crippen LogP contribution is 2.20. The van der Waals surface area contributed by atoms with Crippen molar-refractivity contribution in [3.63, 3.8) is 0 Å². The summed E-state index contributed by atoms with van der Waals surface area (Å²) in [6.45, 7) is 0. The van der Waals surface area contributed by atoms with E-state index in [2.05, 4.69) is 16.0 Å². The molecule has 0 saturated heterocycles. The Hall–Kier alpha value is -2.37. The molecule has 112 valence electrons. The number of anilines is 1. The zero-order valence-electron chi connectivity index (χ0n) is 11.9. The minimum Gasteiger partial charge on any atom is -0.351 e. The first-order valence-corrected chi connectivity index (χ1v) is 7.04. The van der Waals surface area contributed by atoms with E-state index in [0.29, 0.717) is 11.3 Å². The molecule has 0 spiro atoms. The van der Waals surface area contributed by atoms with Gasteiger partial charge in [0.15, 0.2) is 0 Å². The molecule has 0 aromatic heterocycles. The maximum absolute atomic E-state index is 12.3. The number of carbonyl (C=O) groups excluding carboxylic acids is 3. The molecule has 0 radical (unpaired) electrons. The third-order valence-corrected chi connectivity index (χ3v) is 3.54. The molecular formula is C15H19N3O3. The van der Waals surface area contributed by atoms with Gasteiger partial charge in [0.1, 0.15) is 0 Å². The van der Waals surface area contributed by atoms with E-state index < -0.39 is 11.8 Å². The first kappa shape index (κ1) is 15.0. The number of hydrogen-bond acceptors (Lipinski definition) is 3. The Morgan fingerprint density at radius 3 is 2.38 bits per heavy atom. The summed E-state index contributed by atoms with van der Waals surface area (Å²) in [7, 11) is 1.38. The fourth-order valence-electron chi connectivity index (χ4n) is 2.42. The zero-order chi connectivity index (χ0) is 15.2. The summed E-state index contributed by atoms with van der Waals surface area (Å²) in [6, 6.07) is 6.85. The first-order valence-electron chi connectivity index (χ1n) is 7.04. The van der Waals surface area contributed by atoms with Crippen LogP contribution in [0, 0.1) is 0 Å². The molecule has 1 aliphatic carbocycles. The van der Waals surface area contributed by atoms with Crippen LogP contribution in [-0.4, -0.2) is 30.8 Å². The summed E-state index contributed by atoms with van der Waals surface area (Å²) in [4.78, 5) is 35.1. The summed E-state index contributed by atoms with van der Waals surface area (Å²) < 4.78 is 0. The molecule has 6 nitrogen and oxygen atoms in total. The minimum atomic E-state index is -0.793. The Morgan fingerprint density at radius 1 is 1.05 bits per heavy atom. The van der Waals surface area contributed by atoms with E-state index in [4.69, 9.17) is 0 Å². The predicted molar refractivity (Wildman–Crippen MR) is 78.9 cm³/mol. The van der Waals surface area contributed by atoms with Gasteiger partial charge in [0, 0.05) is 13.1 Å². The van der Waals surface area contributed by atoms with Gasteiger partial charge < -0.3 is 16.0 Å². The number of benzene rings is 1. The fourth-order valence-corrected chi connectivity index (χ4v) is 2.42. The van der Waals surface area contributed by atoms with Crippen LogP contribution in [0.3, 0.4) is 0 Å². The molecule has 0 bridgehead atoms. The lowest BCUT2D eigenvalue weighted by Gasteiger charge is -2.14. The number of para-hydroxylation sites is 1. The van der Waals surface area contributed by atoms with Crippen molar-refractivity contribution in [3.05, 3.63) is 29.8 Å². The lowest BCUT2D eigenvalue weighted by Crippen LogP contribution is -2.35. The van der Waals surface area contributed by atoms with Crippen molar-refractivity contribution in [2.24, 2.45) is 0 Å². The lowest BCUT2D eigenvalue weighted by atomic mass is 10.1. The maximum atomic E-state index is 12.3. The van der Waals surface area contributed by atoms with Gasteiger partial charge >= 0.3 is 11.8 Å². The Balaban J connectivity index is 2.10. The van der Waals surface area contributed by atoms with Crippen LogP contribution in [0.25, 0.3) is 0 Å². The van der Waals surface area contributed by atoms with E-state index in [1.165, 1.54) is 7.05 Å². The average molecular weight is 289 g/mol. The monoisotopic (exact) mass is 289 g/mol. The second-order valence-corrected chi connectivity index (χ2v) is 5.03. The number of amides is 3. The van der Waals surface area contributed by atoms with Crippen LogP contribution < -0.4 is 16.0 Å². The summed E-state index contributed by atoms with van der Waals surface area (Å²) in [5, 5.41) is 7.66. The van der Waals surface area contributed by atoms with Crippen LogP contribution in [0.15, 0.2) is 24.3 Å². The standard InChI is InChI=1S/C15H19N3O3/c1-16-14(20)15(21)18-12-9-5-4-8-11(12)13(19)17-10-6-2-3-7-10/h4-5,8-10H,2-3,6-7H2,1H3,(H,16,20)(H,17,19)(H,18,21). The molecule has 21 heavy (non-hydrogen) atoms. The molecule has 1 aromatic rings. The van der Waals surface area contributed by atoms with Crippen LogP contribution in [0.2, 0.25) is 0 Å². The largest absolute Gasteiger partial charge is 0.351 e. The van der Waals surface area contributed by atoms with Gasteiger partial charge in [-0.25, -0.2) is 0 Å². The summed E-state index contributed by atoms with van der Waals surface area (Å²) in [6.07, 6.45) is 4.22. The third kappa shape index (κ3) is 3.81. The second kappa shape index (κ2) is 6.88. The second-order valence-electron chi connectivity index (χ2n) is 5.03. The highest BCUT2D eigenvalue weighted by atomic mass is 16.2. The molecule has 0 atom stereocenters. The summed E-state index contributed by atoms with van der Waals surface area (Å²) >= 11 is 0. The van der Waals surface area contributed by atoms with E-state index in [9.17, 15) is 14.4 Å². The quantitative estimate of drug-likeness (QED) is 0.727. The first-order chi connectivity index (χ1) is 10.1. The number of likely N-dealkylation sites (N-methyl/N-ethyl adjacent to an activating group) is 1. The molecule has 0 aliphatic heterocycles. The molecule has 0 unspecified atom stereocenters. The van der Waals surface area contributed by atoms with E-state index in [-0.39, 0.29) is 11.9 Å². The number of hydrogen-bond donors (Lipinski definition) is 3. The number of nitrogens with one attached hydrogen (secondary N) is 3. The van der Waals surface area contributed by atoms with Gasteiger partial charge in [-0.15, -0.1) is 0 Å². The SMILES string of the molecule is CNC(=O)C(=O)Nc1ccccc1C(=O)NC1CCCC1. The smallest absolute Gasteiger partial charge is 0.313 e. The third-order valence-electron chi connectivity index (χ3n) is 3.54. The van der Waals surface area contributed by atoms with Crippen LogP contribution in [0.4, 0.5) is 5.69 Å². The minimum absolute atomic E-state index is 0.195. The van der Waals surface area contributed by atoms with E-state index >= 15 is 0 Å². The molecular weight excluding hydrogens is 270 g/mol. The van der Waals surface area contributed by atoms with Crippen molar-refractivity contribution in [2.75, 3.05) is 12.4 Å². The van der Waals surface area contributed by atoms with Crippen molar-refractivity contribution in [2.45, 2.75) is 31.7 Å². The van der Waals surface area contributed by atoms with Gasteiger partial charge in [-0.1, -0.05) is 25.0 Å². The maximum Gasteiger partial charge on any atom is 0.313 e. The topological polar surface area (TPSA) is 87.3 Å². The van der Waals surface area contributed by atoms with Gasteiger partial charge in [-0.3, -0.25) is 14.4 Å². The average Bonchev–Trinajstić information content (AvgIpc) is 2.99. The van der Waals surface area contributed by atoms with E-state index in [0.717, 1.165) is 25.7 Å². The Bertz CT molecular complexity index is 551. The van der Waals surface area contributed by atoms with Gasteiger partial charge in [0.05, 0.1) is 11.3 Å². The molecule has 0 heterocycles. The molecule has 6 heteroatoms. The van der Waals surface area contributed by atoms with Crippen molar-refractivity contribution in [1.29, 1.82) is 0 Å². The summed E-state index contributed by atoms with van der Waals surface area (Å²) in [5.74, 6) is -1.77. The van der Waals surface area contributed by atoms with Crippen LogP contribution >= 0.6 is 0 Å². The molecule has 3 amide bonds. The number of carbonyl (C=O) groups is 3. The van der Waals surface area contributed by atoms with Crippen LogP contribution in [0.5, 0.6) is 0 Å². The molecule has 3 N–H and O–H groups in total. The Morgan fingerprint density at radius 2 is 1.71 bits per heavy atom. The molecule has 1 aromatic carbocycles. The van der Waals surface area contributed by atoms with Crippen molar-refractivity contribution in [3.8, 4) is 0 Å². The van der Waals surface area contributed by atoms with Crippen molar-refractivity contribution in [1.82, 2.24) is 10.6 Å². The van der Waals surface area contributed by atoms with Crippen molar-refractivity contribution >= 4 is 23.4 Å². The Labute approximate surface area is 123 Å². The molecule has 2 rings (SSSR count). The lowest BCUT2D eigenvalue weighted by molar-refractivity contribution is -0.135. The molecule has 1 saturated carbocycles. The van der Waals surface area contributed by atoms with Crippen molar-refractivity contribution < 1.29 is 14.4 Å². The van der Waals surface area contributed by atoms with Gasteiger partial charge in [-0.2, -0.15) is 0 Å². The van der Waals surface area contributed by atoms with Crippen LogP contribution in [0.1, 0.15) is 36.0 Å². The molecule has 1 fully saturated rings. The number of rotatable bonds is 3. The van der Waals surface area contributed by atoms with Crippen LogP contribution in [-0.2, 0) is 9.59 Å². The Kier molecular flexibility index (Phi) is 4.92. The predicted octanol–water partition coefficient (Wildman–Crippen LogP) is 1.04. The van der Waals surface area contributed by atoms with Gasteiger partial charge in [0.25, 0.3) is 5.91 Å². The normalized spacial score (nSPS) is 14.5. The fraction of sp³-hybridized carbons (Fsp3) is 0.400. The molecule has 1 aliphatic rings. The van der Waals surface area contributed by atoms with Gasteiger partial charge in [0.2, 0.25) is 0 Å². The highest BCUT2D eigenvalue weighted by molar-refractivity contribution is 6.39.